The van der Waals surface area contributed by atoms with Crippen LogP contribution in [-0.4, -0.2) is 15.1 Å². The minimum Gasteiger partial charge on any atom is -0.423 e. The molecule has 2 aromatic heterocycles. The van der Waals surface area contributed by atoms with Crippen molar-refractivity contribution < 1.29 is 22.4 Å². The van der Waals surface area contributed by atoms with Gasteiger partial charge in [-0.3, -0.25) is 0 Å². The Morgan fingerprint density at radius 2 is 1.88 bits per heavy atom. The number of nitrogens with zero attached hydrogens (tertiary/aromatic N) is 3. The van der Waals surface area contributed by atoms with Gasteiger partial charge < -0.3 is 9.26 Å². The van der Waals surface area contributed by atoms with Crippen molar-refractivity contribution in [1.82, 2.24) is 15.1 Å². The number of rotatable bonds is 3. The molecule has 10 heteroatoms. The first-order valence-corrected chi connectivity index (χ1v) is 7.50. The van der Waals surface area contributed by atoms with Crippen molar-refractivity contribution >= 4 is 27.5 Å². The van der Waals surface area contributed by atoms with E-state index in [1.54, 1.807) is 6.07 Å². The van der Waals surface area contributed by atoms with Crippen molar-refractivity contribution in [2.24, 2.45) is 0 Å². The molecule has 0 aliphatic carbocycles. The summed E-state index contributed by atoms with van der Waals surface area (Å²) in [4.78, 5) is 7.87. The van der Waals surface area contributed by atoms with E-state index in [0.717, 1.165) is 6.07 Å². The third-order valence-corrected chi connectivity index (χ3v) is 3.54. The van der Waals surface area contributed by atoms with Crippen LogP contribution in [0.4, 0.5) is 13.2 Å². The lowest BCUT2D eigenvalue weighted by atomic mass is 10.1. The minimum absolute atomic E-state index is 0.00252. The maximum absolute atomic E-state index is 12.7. The molecule has 0 atom stereocenters. The lowest BCUT2D eigenvalue weighted by Crippen LogP contribution is -2.04. The van der Waals surface area contributed by atoms with Crippen molar-refractivity contribution in [3.8, 4) is 23.1 Å². The summed E-state index contributed by atoms with van der Waals surface area (Å²) in [7, 11) is 0. The Hall–Kier alpha value is -2.13. The van der Waals surface area contributed by atoms with Gasteiger partial charge in [-0.05, 0) is 28.1 Å². The molecule has 0 radical (unpaired) electrons. The van der Waals surface area contributed by atoms with Gasteiger partial charge in [-0.15, -0.1) is 0 Å². The van der Waals surface area contributed by atoms with E-state index in [1.165, 1.54) is 24.5 Å². The molecule has 0 bridgehead atoms. The highest BCUT2D eigenvalue weighted by molar-refractivity contribution is 9.10. The second-order valence-electron chi connectivity index (χ2n) is 4.47. The molecule has 3 aromatic rings. The van der Waals surface area contributed by atoms with Crippen LogP contribution in [0.15, 0.2) is 45.7 Å². The quantitative estimate of drug-likeness (QED) is 0.571. The normalized spacial score (nSPS) is 11.5. The molecule has 0 N–H and O–H groups in total. The molecule has 1 aromatic carbocycles. The Labute approximate surface area is 146 Å². The number of hydrogen-bond acceptors (Lipinski definition) is 5. The van der Waals surface area contributed by atoms with Gasteiger partial charge in [0.15, 0.2) is 11.5 Å². The summed E-state index contributed by atoms with van der Waals surface area (Å²) in [6.07, 6.45) is -1.70. The molecule has 0 unspecified atom stereocenters. The summed E-state index contributed by atoms with van der Waals surface area (Å²) in [6, 6.07) is 5.30. The van der Waals surface area contributed by atoms with Gasteiger partial charge in [0.1, 0.15) is 5.75 Å². The van der Waals surface area contributed by atoms with Crippen LogP contribution in [0.2, 0.25) is 5.02 Å². The fourth-order valence-corrected chi connectivity index (χ4v) is 2.27. The molecule has 0 amide bonds. The van der Waals surface area contributed by atoms with E-state index >= 15 is 0 Å². The summed E-state index contributed by atoms with van der Waals surface area (Å²) in [5, 5.41) is 3.15. The van der Waals surface area contributed by atoms with Crippen molar-refractivity contribution in [1.29, 1.82) is 0 Å². The van der Waals surface area contributed by atoms with Gasteiger partial charge in [-0.2, -0.15) is 13.2 Å². The Balaban J connectivity index is 2.01. The maximum Gasteiger partial charge on any atom is 0.436 e. The highest BCUT2D eigenvalue weighted by atomic mass is 79.9. The number of ether oxygens (including phenoxy) is 1. The molecule has 0 fully saturated rings. The van der Waals surface area contributed by atoms with Crippen molar-refractivity contribution in [3.63, 3.8) is 0 Å². The van der Waals surface area contributed by atoms with Crippen LogP contribution in [-0.2, 0) is 6.18 Å². The van der Waals surface area contributed by atoms with Gasteiger partial charge in [0.2, 0.25) is 0 Å². The maximum atomic E-state index is 12.7. The van der Waals surface area contributed by atoms with E-state index in [-0.39, 0.29) is 28.1 Å². The lowest BCUT2D eigenvalue weighted by Gasteiger charge is -2.09. The van der Waals surface area contributed by atoms with Crippen molar-refractivity contribution in [2.75, 3.05) is 0 Å². The minimum atomic E-state index is -4.63. The summed E-state index contributed by atoms with van der Waals surface area (Å²) in [6.45, 7) is 0. The average Bonchev–Trinajstić information content (AvgIpc) is 2.99. The van der Waals surface area contributed by atoms with Gasteiger partial charge in [0.25, 0.3) is 0 Å². The van der Waals surface area contributed by atoms with E-state index in [1.807, 2.05) is 0 Å². The van der Waals surface area contributed by atoms with Crippen molar-refractivity contribution in [3.05, 3.63) is 51.8 Å². The van der Waals surface area contributed by atoms with Crippen LogP contribution < -0.4 is 4.74 Å². The van der Waals surface area contributed by atoms with Gasteiger partial charge in [-0.1, -0.05) is 22.8 Å². The Morgan fingerprint density at radius 1 is 1.17 bits per heavy atom. The van der Waals surface area contributed by atoms with Crippen LogP contribution in [0, 0.1) is 0 Å². The fourth-order valence-electron chi connectivity index (χ4n) is 1.81. The molecule has 0 spiro atoms. The Bertz CT molecular complexity index is 868. The second-order valence-corrected chi connectivity index (χ2v) is 5.80. The molecule has 0 aliphatic heterocycles. The van der Waals surface area contributed by atoms with E-state index in [9.17, 15) is 13.2 Å². The van der Waals surface area contributed by atoms with Crippen LogP contribution in [0.1, 0.15) is 5.69 Å². The zero-order valence-electron chi connectivity index (χ0n) is 11.5. The molecular formula is C14H6BrClF3N3O2. The van der Waals surface area contributed by atoms with Crippen LogP contribution in [0.5, 0.6) is 11.8 Å². The van der Waals surface area contributed by atoms with Gasteiger partial charge in [0, 0.05) is 18.5 Å². The monoisotopic (exact) mass is 419 g/mol. The molecule has 0 saturated heterocycles. The molecule has 5 nitrogen and oxygen atoms in total. The molecule has 124 valence electrons. The van der Waals surface area contributed by atoms with Gasteiger partial charge >= 0.3 is 12.2 Å². The number of halogens is 5. The first-order chi connectivity index (χ1) is 11.3. The molecule has 0 aliphatic rings. The van der Waals surface area contributed by atoms with Gasteiger partial charge in [-0.25, -0.2) is 9.97 Å². The summed E-state index contributed by atoms with van der Waals surface area (Å²) in [5.74, 6) is -0.0465. The number of hydrogen-bond donors (Lipinski definition) is 0. The number of aromatic nitrogens is 3. The molecule has 24 heavy (non-hydrogen) atoms. The zero-order valence-corrected chi connectivity index (χ0v) is 13.9. The molecule has 2 heterocycles. The second kappa shape index (κ2) is 6.40. The zero-order chi connectivity index (χ0) is 17.3. The topological polar surface area (TPSA) is 61.0 Å². The number of alkyl halides is 3. The predicted molar refractivity (Wildman–Crippen MR) is 81.8 cm³/mol. The van der Waals surface area contributed by atoms with Gasteiger partial charge in [0.05, 0.1) is 15.1 Å². The lowest BCUT2D eigenvalue weighted by molar-refractivity contribution is -0.142. The van der Waals surface area contributed by atoms with Crippen molar-refractivity contribution in [2.45, 2.75) is 6.18 Å². The Morgan fingerprint density at radius 3 is 2.50 bits per heavy atom. The summed E-state index contributed by atoms with van der Waals surface area (Å²) < 4.78 is 49.0. The Kier molecular flexibility index (Phi) is 4.46. The standard InChI is InChI=1S/C14H6BrClF3N3O2/c15-7-5-20-13(21-6-7)23-9-3-1-2-8(16)12(9)10-4-11(22-24-10)14(17,18)19/h1-6H. The highest BCUT2D eigenvalue weighted by Gasteiger charge is 2.35. The van der Waals surface area contributed by atoms with E-state index in [2.05, 4.69) is 31.1 Å². The van der Waals surface area contributed by atoms with E-state index in [4.69, 9.17) is 20.9 Å². The largest absolute Gasteiger partial charge is 0.436 e. The first kappa shape index (κ1) is 16.7. The van der Waals surface area contributed by atoms with E-state index in [0.29, 0.717) is 4.47 Å². The SMILES string of the molecule is FC(F)(F)c1cc(-c2c(Cl)cccc2Oc2ncc(Br)cn2)on1. The average molecular weight is 421 g/mol. The number of benzene rings is 1. The molecule has 0 saturated carbocycles. The third-order valence-electron chi connectivity index (χ3n) is 2.82. The predicted octanol–water partition coefficient (Wildman–Crippen LogP) is 5.36. The fraction of sp³-hybridized carbons (Fsp3) is 0.0714. The van der Waals surface area contributed by atoms with Crippen LogP contribution >= 0.6 is 27.5 Å². The molecular weight excluding hydrogens is 415 g/mol. The summed E-state index contributed by atoms with van der Waals surface area (Å²) in [5.41, 5.74) is -1.04. The van der Waals surface area contributed by atoms with E-state index < -0.39 is 11.9 Å². The van der Waals surface area contributed by atoms with Crippen LogP contribution in [0.25, 0.3) is 11.3 Å². The summed E-state index contributed by atoms with van der Waals surface area (Å²) >= 11 is 9.27. The smallest absolute Gasteiger partial charge is 0.423 e. The highest BCUT2D eigenvalue weighted by Crippen LogP contribution is 2.40. The van der Waals surface area contributed by atoms with Crippen LogP contribution in [0.3, 0.4) is 0 Å². The first-order valence-electron chi connectivity index (χ1n) is 6.33. The molecule has 3 rings (SSSR count). The third kappa shape index (κ3) is 3.51.